The van der Waals surface area contributed by atoms with Crippen molar-refractivity contribution in [3.63, 3.8) is 0 Å². The molecule has 0 aromatic carbocycles. The molecule has 2 unspecified atom stereocenters. The van der Waals surface area contributed by atoms with Crippen LogP contribution in [0, 0.1) is 0 Å². The van der Waals surface area contributed by atoms with Crippen molar-refractivity contribution in [3.05, 3.63) is 18.2 Å². The first-order valence-corrected chi connectivity index (χ1v) is 7.18. The van der Waals surface area contributed by atoms with Crippen LogP contribution in [0.2, 0.25) is 0 Å². The van der Waals surface area contributed by atoms with Crippen molar-refractivity contribution < 1.29 is 4.21 Å². The van der Waals surface area contributed by atoms with Gasteiger partial charge in [-0.1, -0.05) is 0 Å². The van der Waals surface area contributed by atoms with E-state index in [1.165, 1.54) is 5.69 Å². The first-order chi connectivity index (χ1) is 7.52. The van der Waals surface area contributed by atoms with Crippen molar-refractivity contribution in [1.82, 2.24) is 14.9 Å². The maximum absolute atomic E-state index is 11.2. The van der Waals surface area contributed by atoms with Gasteiger partial charge in [-0.25, -0.2) is 4.98 Å². The summed E-state index contributed by atoms with van der Waals surface area (Å²) in [4.78, 5) is 4.14. The fourth-order valence-electron chi connectivity index (χ4n) is 1.45. The van der Waals surface area contributed by atoms with Crippen molar-refractivity contribution in [1.29, 1.82) is 0 Å². The van der Waals surface area contributed by atoms with Gasteiger partial charge in [-0.15, -0.1) is 0 Å². The summed E-state index contributed by atoms with van der Waals surface area (Å²) < 4.78 is 13.3. The first-order valence-electron chi connectivity index (χ1n) is 5.56. The Morgan fingerprint density at radius 1 is 1.50 bits per heavy atom. The summed E-state index contributed by atoms with van der Waals surface area (Å²) >= 11 is 0. The van der Waals surface area contributed by atoms with Crippen molar-refractivity contribution in [2.24, 2.45) is 0 Å². The molecule has 0 saturated carbocycles. The van der Waals surface area contributed by atoms with Gasteiger partial charge in [0.25, 0.3) is 0 Å². The maximum Gasteiger partial charge on any atom is 0.0951 e. The molecule has 1 aromatic heterocycles. The molecule has 5 heteroatoms. The molecule has 1 rings (SSSR count). The predicted molar refractivity (Wildman–Crippen MR) is 67.8 cm³/mol. The summed E-state index contributed by atoms with van der Waals surface area (Å²) in [6.45, 7) is 7.80. The second-order valence-corrected chi connectivity index (χ2v) is 6.13. The van der Waals surface area contributed by atoms with E-state index in [0.29, 0.717) is 6.04 Å². The van der Waals surface area contributed by atoms with Crippen LogP contribution in [0.4, 0.5) is 0 Å². The van der Waals surface area contributed by atoms with E-state index in [1.54, 1.807) is 6.26 Å². The van der Waals surface area contributed by atoms with Gasteiger partial charge in [0.05, 0.1) is 12.0 Å². The van der Waals surface area contributed by atoms with Crippen LogP contribution in [-0.4, -0.2) is 31.8 Å². The molecule has 0 aliphatic rings. The van der Waals surface area contributed by atoms with Crippen molar-refractivity contribution in [3.8, 4) is 0 Å². The lowest BCUT2D eigenvalue weighted by Gasteiger charge is -2.13. The Hall–Kier alpha value is -0.680. The Kier molecular flexibility index (Phi) is 5.15. The van der Waals surface area contributed by atoms with Crippen LogP contribution in [0.1, 0.15) is 32.5 Å². The molecule has 0 saturated heterocycles. The third-order valence-corrected chi connectivity index (χ3v) is 3.91. The summed E-state index contributed by atoms with van der Waals surface area (Å²) in [5.41, 5.74) is 1.17. The number of imidazole rings is 1. The van der Waals surface area contributed by atoms with Crippen LogP contribution in [-0.2, 0) is 17.3 Å². The highest BCUT2D eigenvalue weighted by atomic mass is 32.2. The zero-order valence-corrected chi connectivity index (χ0v) is 11.3. The summed E-state index contributed by atoms with van der Waals surface area (Å²) in [5.74, 6) is 0. The Morgan fingerprint density at radius 3 is 2.75 bits per heavy atom. The summed E-state index contributed by atoms with van der Waals surface area (Å²) in [5, 5.41) is 3.50. The van der Waals surface area contributed by atoms with Crippen LogP contribution in [0.15, 0.2) is 12.5 Å². The largest absolute Gasteiger partial charge is 0.331 e. The van der Waals surface area contributed by atoms with Crippen molar-refractivity contribution in [2.75, 3.05) is 12.8 Å². The average molecular weight is 243 g/mol. The summed E-state index contributed by atoms with van der Waals surface area (Å²) in [7, 11) is -0.758. The van der Waals surface area contributed by atoms with Gasteiger partial charge in [0, 0.05) is 47.6 Å². The van der Waals surface area contributed by atoms with Crippen LogP contribution in [0.25, 0.3) is 0 Å². The van der Waals surface area contributed by atoms with E-state index >= 15 is 0 Å². The highest BCUT2D eigenvalue weighted by Gasteiger charge is 2.07. The normalized spacial score (nSPS) is 15.3. The predicted octanol–water partition coefficient (Wildman–Crippen LogP) is 1.32. The van der Waals surface area contributed by atoms with Crippen molar-refractivity contribution in [2.45, 2.75) is 38.6 Å². The Labute approximate surface area is 99.9 Å². The Bertz CT molecular complexity index is 349. The number of hydrogen-bond donors (Lipinski definition) is 1. The molecule has 16 heavy (non-hydrogen) atoms. The van der Waals surface area contributed by atoms with E-state index in [9.17, 15) is 4.21 Å². The zero-order valence-electron chi connectivity index (χ0n) is 10.4. The first kappa shape index (κ1) is 13.4. The zero-order chi connectivity index (χ0) is 12.1. The molecule has 0 bridgehead atoms. The molecule has 4 nitrogen and oxygen atoms in total. The van der Waals surface area contributed by atoms with Gasteiger partial charge in [-0.2, -0.15) is 0 Å². The molecule has 1 N–H and O–H groups in total. The minimum atomic E-state index is -0.758. The number of nitrogens with zero attached hydrogens (tertiary/aromatic N) is 2. The Balaban J connectivity index is 2.43. The molecule has 0 amide bonds. The highest BCUT2D eigenvalue weighted by Crippen LogP contribution is 2.08. The average Bonchev–Trinajstić information content (AvgIpc) is 2.65. The topological polar surface area (TPSA) is 46.9 Å². The van der Waals surface area contributed by atoms with Gasteiger partial charge < -0.3 is 9.88 Å². The minimum Gasteiger partial charge on any atom is -0.331 e. The van der Waals surface area contributed by atoms with E-state index in [4.69, 9.17) is 0 Å². The van der Waals surface area contributed by atoms with Gasteiger partial charge in [-0.3, -0.25) is 4.21 Å². The van der Waals surface area contributed by atoms with E-state index in [1.807, 2.05) is 19.4 Å². The lowest BCUT2D eigenvalue weighted by Crippen LogP contribution is -2.28. The molecule has 0 radical (unpaired) electrons. The van der Waals surface area contributed by atoms with Crippen LogP contribution in [0.3, 0.4) is 0 Å². The number of rotatable bonds is 6. The third-order valence-electron chi connectivity index (χ3n) is 2.61. The third kappa shape index (κ3) is 3.72. The fraction of sp³-hybridized carbons (Fsp3) is 0.727. The second kappa shape index (κ2) is 6.15. The lowest BCUT2D eigenvalue weighted by molar-refractivity contribution is 0.549. The quantitative estimate of drug-likeness (QED) is 0.819. The van der Waals surface area contributed by atoms with E-state index < -0.39 is 10.8 Å². The molecule has 2 atom stereocenters. The molecule has 92 valence electrons. The number of nitrogens with one attached hydrogen (secondary N) is 1. The molecular formula is C11H21N3OS. The Morgan fingerprint density at radius 2 is 2.19 bits per heavy atom. The van der Waals surface area contributed by atoms with Gasteiger partial charge in [0.15, 0.2) is 0 Å². The molecule has 0 fully saturated rings. The molecular weight excluding hydrogens is 222 g/mol. The number of hydrogen-bond acceptors (Lipinski definition) is 3. The molecule has 1 heterocycles. The SMILES string of the molecule is CC(C)n1cncc1CNCC(C)S(C)=O. The monoisotopic (exact) mass is 243 g/mol. The smallest absolute Gasteiger partial charge is 0.0951 e. The maximum atomic E-state index is 11.2. The standard InChI is InChI=1S/C11H21N3OS/c1-9(2)14-8-13-7-11(14)6-12-5-10(3)16(4)15/h7-10,12H,5-6H2,1-4H3. The van der Waals surface area contributed by atoms with Crippen LogP contribution < -0.4 is 5.32 Å². The highest BCUT2D eigenvalue weighted by molar-refractivity contribution is 7.84. The van der Waals surface area contributed by atoms with E-state index in [0.717, 1.165) is 13.1 Å². The molecule has 0 aliphatic heterocycles. The summed E-state index contributed by atoms with van der Waals surface area (Å²) in [6.07, 6.45) is 5.47. The minimum absolute atomic E-state index is 0.190. The number of aromatic nitrogens is 2. The van der Waals surface area contributed by atoms with Crippen molar-refractivity contribution >= 4 is 10.8 Å². The molecule has 0 aliphatic carbocycles. The molecule has 1 aromatic rings. The van der Waals surface area contributed by atoms with Gasteiger partial charge in [0.2, 0.25) is 0 Å². The second-order valence-electron chi connectivity index (χ2n) is 4.33. The van der Waals surface area contributed by atoms with Gasteiger partial charge >= 0.3 is 0 Å². The van der Waals surface area contributed by atoms with Crippen LogP contribution >= 0.6 is 0 Å². The fourth-order valence-corrected chi connectivity index (χ4v) is 1.81. The van der Waals surface area contributed by atoms with Gasteiger partial charge in [-0.05, 0) is 20.8 Å². The van der Waals surface area contributed by atoms with Gasteiger partial charge in [0.1, 0.15) is 0 Å². The van der Waals surface area contributed by atoms with Crippen LogP contribution in [0.5, 0.6) is 0 Å². The van der Waals surface area contributed by atoms with E-state index in [2.05, 4.69) is 28.7 Å². The lowest BCUT2D eigenvalue weighted by atomic mass is 10.3. The summed E-state index contributed by atoms with van der Waals surface area (Å²) in [6, 6.07) is 0.428. The molecule has 0 spiro atoms. The van der Waals surface area contributed by atoms with E-state index in [-0.39, 0.29) is 5.25 Å².